The lowest BCUT2D eigenvalue weighted by molar-refractivity contribution is 0.102. The van der Waals surface area contributed by atoms with E-state index in [2.05, 4.69) is 15.5 Å². The normalized spacial score (nSPS) is 10.5. The summed E-state index contributed by atoms with van der Waals surface area (Å²) in [5.41, 5.74) is 4.06. The molecule has 0 saturated carbocycles. The average molecular weight is 292 g/mol. The number of carbonyl (C=O) groups is 1. The Bertz CT molecular complexity index is 809. The van der Waals surface area contributed by atoms with Crippen LogP contribution >= 0.6 is 0 Å². The molecule has 0 fully saturated rings. The molecule has 3 aromatic rings. The fourth-order valence-electron chi connectivity index (χ4n) is 2.13. The van der Waals surface area contributed by atoms with Crippen molar-refractivity contribution in [3.05, 3.63) is 71.5 Å². The summed E-state index contributed by atoms with van der Waals surface area (Å²) in [6.07, 6.45) is 1.47. The van der Waals surface area contributed by atoms with Crippen LogP contribution in [-0.4, -0.2) is 20.9 Å². The lowest BCUT2D eigenvalue weighted by atomic mass is 10.1. The monoisotopic (exact) mass is 292 g/mol. The van der Waals surface area contributed by atoms with Gasteiger partial charge in [0.25, 0.3) is 5.91 Å². The Morgan fingerprint density at radius 3 is 2.59 bits per heavy atom. The number of anilines is 1. The second-order valence-corrected chi connectivity index (χ2v) is 5.06. The van der Waals surface area contributed by atoms with Crippen LogP contribution < -0.4 is 5.32 Å². The average Bonchev–Trinajstić information content (AvgIpc) is 3.03. The molecule has 1 amide bonds. The molecule has 110 valence electrons. The van der Waals surface area contributed by atoms with Crippen LogP contribution in [0.25, 0.3) is 5.69 Å². The van der Waals surface area contributed by atoms with Gasteiger partial charge >= 0.3 is 0 Å². The van der Waals surface area contributed by atoms with Gasteiger partial charge in [-0.3, -0.25) is 4.79 Å². The van der Waals surface area contributed by atoms with E-state index in [0.717, 1.165) is 22.5 Å². The van der Waals surface area contributed by atoms with Crippen molar-refractivity contribution in [1.82, 2.24) is 15.0 Å². The topological polar surface area (TPSA) is 59.8 Å². The molecule has 5 nitrogen and oxygen atoms in total. The smallest absolute Gasteiger partial charge is 0.277 e. The molecule has 0 unspecified atom stereocenters. The van der Waals surface area contributed by atoms with E-state index in [-0.39, 0.29) is 11.6 Å². The lowest BCUT2D eigenvalue weighted by Crippen LogP contribution is -2.14. The van der Waals surface area contributed by atoms with E-state index in [1.165, 1.54) is 11.0 Å². The van der Waals surface area contributed by atoms with Gasteiger partial charge in [0, 0.05) is 5.69 Å². The zero-order valence-corrected chi connectivity index (χ0v) is 12.4. The maximum absolute atomic E-state index is 12.3. The first-order valence-corrected chi connectivity index (χ1v) is 7.00. The van der Waals surface area contributed by atoms with E-state index in [4.69, 9.17) is 0 Å². The van der Waals surface area contributed by atoms with Gasteiger partial charge in [-0.05, 0) is 43.2 Å². The molecule has 0 radical (unpaired) electrons. The predicted octanol–water partition coefficient (Wildman–Crippen LogP) is 3.14. The molecule has 0 atom stereocenters. The van der Waals surface area contributed by atoms with Gasteiger partial charge in [-0.1, -0.05) is 30.3 Å². The van der Waals surface area contributed by atoms with Gasteiger partial charge in [-0.15, -0.1) is 5.10 Å². The summed E-state index contributed by atoms with van der Waals surface area (Å²) in [6, 6.07) is 15.3. The van der Waals surface area contributed by atoms with Crippen LogP contribution in [0.5, 0.6) is 0 Å². The number of benzene rings is 2. The Hall–Kier alpha value is -2.95. The van der Waals surface area contributed by atoms with Crippen LogP contribution in [0.2, 0.25) is 0 Å². The molecule has 0 bridgehead atoms. The first-order chi connectivity index (χ1) is 10.6. The van der Waals surface area contributed by atoms with Crippen LogP contribution in [0.15, 0.2) is 54.7 Å². The van der Waals surface area contributed by atoms with E-state index in [0.29, 0.717) is 0 Å². The molecular weight excluding hydrogens is 276 g/mol. The van der Waals surface area contributed by atoms with E-state index in [1.807, 2.05) is 62.4 Å². The third kappa shape index (κ3) is 2.74. The zero-order chi connectivity index (χ0) is 15.5. The first-order valence-electron chi connectivity index (χ1n) is 7.00. The molecule has 1 N–H and O–H groups in total. The molecule has 22 heavy (non-hydrogen) atoms. The van der Waals surface area contributed by atoms with Crippen molar-refractivity contribution < 1.29 is 4.79 Å². The number of carbonyl (C=O) groups excluding carboxylic acids is 1. The van der Waals surface area contributed by atoms with Crippen molar-refractivity contribution in [2.24, 2.45) is 0 Å². The van der Waals surface area contributed by atoms with Gasteiger partial charge < -0.3 is 5.32 Å². The van der Waals surface area contributed by atoms with Crippen molar-refractivity contribution in [3.63, 3.8) is 0 Å². The largest absolute Gasteiger partial charge is 0.320 e. The fourth-order valence-corrected chi connectivity index (χ4v) is 2.13. The molecule has 0 aliphatic carbocycles. The number of para-hydroxylation sites is 1. The van der Waals surface area contributed by atoms with Crippen molar-refractivity contribution in [2.45, 2.75) is 13.8 Å². The minimum absolute atomic E-state index is 0.268. The Labute approximate surface area is 128 Å². The van der Waals surface area contributed by atoms with E-state index in [1.54, 1.807) is 0 Å². The number of nitrogens with one attached hydrogen (secondary N) is 1. The minimum Gasteiger partial charge on any atom is -0.320 e. The molecule has 5 heteroatoms. The maximum atomic E-state index is 12.3. The second kappa shape index (κ2) is 5.81. The number of hydrogen-bond acceptors (Lipinski definition) is 3. The standard InChI is InChI=1S/C17H16N4O/c1-12-7-6-10-15(13(12)2)19-17(22)16-11-18-21(20-16)14-8-4-3-5-9-14/h3-11H,1-2H3,(H,19,22). The van der Waals surface area contributed by atoms with Gasteiger partial charge in [0.1, 0.15) is 0 Å². The summed E-state index contributed by atoms with van der Waals surface area (Å²) in [6.45, 7) is 3.99. The van der Waals surface area contributed by atoms with E-state index in [9.17, 15) is 4.79 Å². The van der Waals surface area contributed by atoms with Gasteiger partial charge in [0.2, 0.25) is 0 Å². The SMILES string of the molecule is Cc1cccc(NC(=O)c2cnn(-c3ccccc3)n2)c1C. The van der Waals surface area contributed by atoms with Gasteiger partial charge in [0.15, 0.2) is 5.69 Å². The molecule has 0 saturated heterocycles. The molecule has 0 aliphatic rings. The summed E-state index contributed by atoms with van der Waals surface area (Å²) >= 11 is 0. The first kappa shape index (κ1) is 14.0. The number of nitrogens with zero attached hydrogens (tertiary/aromatic N) is 3. The molecule has 1 heterocycles. The molecule has 0 aliphatic heterocycles. The summed E-state index contributed by atoms with van der Waals surface area (Å²) in [7, 11) is 0. The molecule has 3 rings (SSSR count). The van der Waals surface area contributed by atoms with Crippen LogP contribution in [0.3, 0.4) is 0 Å². The van der Waals surface area contributed by atoms with Crippen LogP contribution in [-0.2, 0) is 0 Å². The number of aromatic nitrogens is 3. The maximum Gasteiger partial charge on any atom is 0.277 e. The highest BCUT2D eigenvalue weighted by molar-refractivity contribution is 6.03. The van der Waals surface area contributed by atoms with Crippen LogP contribution in [0.1, 0.15) is 21.6 Å². The van der Waals surface area contributed by atoms with Crippen molar-refractivity contribution in [1.29, 1.82) is 0 Å². The second-order valence-electron chi connectivity index (χ2n) is 5.06. The lowest BCUT2D eigenvalue weighted by Gasteiger charge is -2.08. The number of rotatable bonds is 3. The number of amides is 1. The Kier molecular flexibility index (Phi) is 3.70. The fraction of sp³-hybridized carbons (Fsp3) is 0.118. The molecule has 0 spiro atoms. The highest BCUT2D eigenvalue weighted by Gasteiger charge is 2.13. The molecule has 2 aromatic carbocycles. The van der Waals surface area contributed by atoms with Crippen molar-refractivity contribution >= 4 is 11.6 Å². The summed E-state index contributed by atoms with van der Waals surface area (Å²) in [4.78, 5) is 13.7. The Balaban J connectivity index is 1.82. The highest BCUT2D eigenvalue weighted by Crippen LogP contribution is 2.18. The van der Waals surface area contributed by atoms with Gasteiger partial charge in [-0.2, -0.15) is 9.90 Å². The Morgan fingerprint density at radius 2 is 1.82 bits per heavy atom. The van der Waals surface area contributed by atoms with Crippen molar-refractivity contribution in [2.75, 3.05) is 5.32 Å². The number of aryl methyl sites for hydroxylation is 1. The van der Waals surface area contributed by atoms with Gasteiger partial charge in [0.05, 0.1) is 11.9 Å². The third-order valence-electron chi connectivity index (χ3n) is 3.56. The van der Waals surface area contributed by atoms with Crippen LogP contribution in [0, 0.1) is 13.8 Å². The van der Waals surface area contributed by atoms with Crippen molar-refractivity contribution in [3.8, 4) is 5.69 Å². The summed E-state index contributed by atoms with van der Waals surface area (Å²) < 4.78 is 0. The summed E-state index contributed by atoms with van der Waals surface area (Å²) in [5.74, 6) is -0.268. The Morgan fingerprint density at radius 1 is 1.05 bits per heavy atom. The quantitative estimate of drug-likeness (QED) is 0.806. The third-order valence-corrected chi connectivity index (χ3v) is 3.56. The minimum atomic E-state index is -0.268. The molecular formula is C17H16N4O. The number of hydrogen-bond donors (Lipinski definition) is 1. The van der Waals surface area contributed by atoms with Crippen LogP contribution in [0.4, 0.5) is 5.69 Å². The predicted molar refractivity (Wildman–Crippen MR) is 85.2 cm³/mol. The van der Waals surface area contributed by atoms with Gasteiger partial charge in [-0.25, -0.2) is 0 Å². The van der Waals surface area contributed by atoms with E-state index >= 15 is 0 Å². The summed E-state index contributed by atoms with van der Waals surface area (Å²) in [5, 5.41) is 11.2. The van der Waals surface area contributed by atoms with E-state index < -0.39 is 0 Å². The highest BCUT2D eigenvalue weighted by atomic mass is 16.2. The zero-order valence-electron chi connectivity index (χ0n) is 12.4. The molecule has 1 aromatic heterocycles.